The number of carboxylic acid groups (broad SMARTS) is 1. The van der Waals surface area contributed by atoms with Crippen LogP contribution in [-0.2, 0) is 0 Å². The standard InChI is InChI=1S/C15H14F3NO2/c16-15(17,18)8-3-9-19-13-7-6-12(14(20)21)10-4-1-2-5-11(10)13/h1-2,4-7,19H,3,8-9H2,(H,20,21). The van der Waals surface area contributed by atoms with Crippen molar-refractivity contribution in [3.05, 3.63) is 42.0 Å². The molecule has 0 atom stereocenters. The molecule has 0 aromatic heterocycles. The van der Waals surface area contributed by atoms with Gasteiger partial charge in [-0.2, -0.15) is 13.2 Å². The highest BCUT2D eigenvalue weighted by molar-refractivity contribution is 6.07. The predicted octanol–water partition coefficient (Wildman–Crippen LogP) is 4.29. The summed E-state index contributed by atoms with van der Waals surface area (Å²) in [5.74, 6) is -1.03. The molecule has 21 heavy (non-hydrogen) atoms. The SMILES string of the molecule is O=C(O)c1ccc(NCCCC(F)(F)F)c2ccccc12. The Kier molecular flexibility index (Phi) is 4.35. The molecular formula is C15H14F3NO2. The second-order valence-corrected chi connectivity index (χ2v) is 4.66. The van der Waals surface area contributed by atoms with Gasteiger partial charge < -0.3 is 10.4 Å². The van der Waals surface area contributed by atoms with Crippen LogP contribution in [0.4, 0.5) is 18.9 Å². The van der Waals surface area contributed by atoms with Crippen LogP contribution in [-0.4, -0.2) is 23.8 Å². The molecule has 0 saturated heterocycles. The third kappa shape index (κ3) is 3.87. The first-order valence-corrected chi connectivity index (χ1v) is 6.44. The Labute approximate surface area is 119 Å². The van der Waals surface area contributed by atoms with Gasteiger partial charge in [0.15, 0.2) is 0 Å². The average Bonchev–Trinajstić information content (AvgIpc) is 2.42. The number of carbonyl (C=O) groups is 1. The summed E-state index contributed by atoms with van der Waals surface area (Å²) < 4.78 is 36.2. The fourth-order valence-electron chi connectivity index (χ4n) is 2.15. The van der Waals surface area contributed by atoms with Crippen LogP contribution in [0.3, 0.4) is 0 Å². The number of nitrogens with one attached hydrogen (secondary N) is 1. The van der Waals surface area contributed by atoms with Gasteiger partial charge in [-0.15, -0.1) is 0 Å². The van der Waals surface area contributed by atoms with Crippen LogP contribution in [0.25, 0.3) is 10.8 Å². The lowest BCUT2D eigenvalue weighted by Crippen LogP contribution is -2.11. The fourth-order valence-corrected chi connectivity index (χ4v) is 2.15. The molecule has 112 valence electrons. The van der Waals surface area contributed by atoms with E-state index in [9.17, 15) is 18.0 Å². The van der Waals surface area contributed by atoms with Crippen molar-refractivity contribution >= 4 is 22.4 Å². The molecule has 0 bridgehead atoms. The molecule has 0 unspecified atom stereocenters. The van der Waals surface area contributed by atoms with E-state index in [-0.39, 0.29) is 18.5 Å². The van der Waals surface area contributed by atoms with Gasteiger partial charge in [0.1, 0.15) is 0 Å². The molecule has 0 radical (unpaired) electrons. The summed E-state index contributed by atoms with van der Waals surface area (Å²) >= 11 is 0. The van der Waals surface area contributed by atoms with Gasteiger partial charge >= 0.3 is 12.1 Å². The first-order chi connectivity index (χ1) is 9.88. The molecule has 0 fully saturated rings. The lowest BCUT2D eigenvalue weighted by molar-refractivity contribution is -0.134. The van der Waals surface area contributed by atoms with Crippen LogP contribution in [0.1, 0.15) is 23.2 Å². The number of benzene rings is 2. The molecule has 0 saturated carbocycles. The third-order valence-corrected chi connectivity index (χ3v) is 3.11. The molecule has 2 N–H and O–H groups in total. The Morgan fingerprint density at radius 1 is 1.10 bits per heavy atom. The quantitative estimate of drug-likeness (QED) is 0.809. The summed E-state index contributed by atoms with van der Waals surface area (Å²) in [6, 6.07) is 9.95. The van der Waals surface area contributed by atoms with E-state index in [4.69, 9.17) is 5.11 Å². The van der Waals surface area contributed by atoms with Crippen molar-refractivity contribution in [3.8, 4) is 0 Å². The van der Waals surface area contributed by atoms with Crippen LogP contribution < -0.4 is 5.32 Å². The van der Waals surface area contributed by atoms with Crippen molar-refractivity contribution in [2.75, 3.05) is 11.9 Å². The first kappa shape index (κ1) is 15.2. The molecule has 0 spiro atoms. The topological polar surface area (TPSA) is 49.3 Å². The number of alkyl halides is 3. The zero-order valence-corrected chi connectivity index (χ0v) is 11.1. The number of halogens is 3. The van der Waals surface area contributed by atoms with Gasteiger partial charge in [-0.3, -0.25) is 0 Å². The zero-order chi connectivity index (χ0) is 15.5. The van der Waals surface area contributed by atoms with Crippen LogP contribution in [0.15, 0.2) is 36.4 Å². The van der Waals surface area contributed by atoms with E-state index in [2.05, 4.69) is 5.32 Å². The summed E-state index contributed by atoms with van der Waals surface area (Å²) in [7, 11) is 0. The van der Waals surface area contributed by atoms with Crippen LogP contribution in [0.2, 0.25) is 0 Å². The highest BCUT2D eigenvalue weighted by Crippen LogP contribution is 2.27. The van der Waals surface area contributed by atoms with Crippen molar-refractivity contribution in [1.29, 1.82) is 0 Å². The highest BCUT2D eigenvalue weighted by Gasteiger charge is 2.25. The predicted molar refractivity (Wildman–Crippen MR) is 74.7 cm³/mol. The molecule has 2 rings (SSSR count). The molecule has 6 heteroatoms. The molecular weight excluding hydrogens is 283 g/mol. The van der Waals surface area contributed by atoms with Crippen LogP contribution in [0.5, 0.6) is 0 Å². The van der Waals surface area contributed by atoms with Crippen molar-refractivity contribution in [3.63, 3.8) is 0 Å². The van der Waals surface area contributed by atoms with E-state index in [0.29, 0.717) is 16.5 Å². The lowest BCUT2D eigenvalue weighted by Gasteiger charge is -2.12. The van der Waals surface area contributed by atoms with E-state index in [1.165, 1.54) is 6.07 Å². The highest BCUT2D eigenvalue weighted by atomic mass is 19.4. The van der Waals surface area contributed by atoms with Gasteiger partial charge in [0.05, 0.1) is 5.56 Å². The van der Waals surface area contributed by atoms with Crippen molar-refractivity contribution < 1.29 is 23.1 Å². The van der Waals surface area contributed by atoms with E-state index >= 15 is 0 Å². The largest absolute Gasteiger partial charge is 0.478 e. The number of fused-ring (bicyclic) bond motifs is 1. The van der Waals surface area contributed by atoms with E-state index in [1.807, 2.05) is 0 Å². The number of rotatable bonds is 5. The molecule has 0 aliphatic carbocycles. The third-order valence-electron chi connectivity index (χ3n) is 3.11. The summed E-state index contributed by atoms with van der Waals surface area (Å²) in [6.45, 7) is 0.177. The lowest BCUT2D eigenvalue weighted by atomic mass is 10.0. The van der Waals surface area contributed by atoms with Crippen LogP contribution >= 0.6 is 0 Å². The monoisotopic (exact) mass is 297 g/mol. The molecule has 2 aromatic rings. The van der Waals surface area contributed by atoms with Crippen molar-refractivity contribution in [2.45, 2.75) is 19.0 Å². The smallest absolute Gasteiger partial charge is 0.389 e. The Morgan fingerprint density at radius 3 is 2.38 bits per heavy atom. The Balaban J connectivity index is 2.18. The Morgan fingerprint density at radius 2 is 1.76 bits per heavy atom. The maximum absolute atomic E-state index is 12.1. The zero-order valence-electron chi connectivity index (χ0n) is 11.1. The molecule has 0 aliphatic heterocycles. The molecule has 0 aliphatic rings. The Bertz CT molecular complexity index is 653. The number of hydrogen-bond acceptors (Lipinski definition) is 2. The van der Waals surface area contributed by atoms with Crippen LogP contribution in [0, 0.1) is 0 Å². The average molecular weight is 297 g/mol. The van der Waals surface area contributed by atoms with E-state index in [1.54, 1.807) is 30.3 Å². The number of aromatic carboxylic acids is 1. The molecule has 2 aromatic carbocycles. The van der Waals surface area contributed by atoms with Gasteiger partial charge in [0.25, 0.3) is 0 Å². The second-order valence-electron chi connectivity index (χ2n) is 4.66. The minimum absolute atomic E-state index is 0.0293. The molecule has 0 heterocycles. The Hall–Kier alpha value is -2.24. The molecule has 3 nitrogen and oxygen atoms in total. The fraction of sp³-hybridized carbons (Fsp3) is 0.267. The normalized spacial score (nSPS) is 11.6. The van der Waals surface area contributed by atoms with Crippen molar-refractivity contribution in [1.82, 2.24) is 0 Å². The summed E-state index contributed by atoms with van der Waals surface area (Å²) in [5.41, 5.74) is 0.809. The minimum Gasteiger partial charge on any atom is -0.478 e. The maximum Gasteiger partial charge on any atom is 0.389 e. The van der Waals surface area contributed by atoms with Gasteiger partial charge in [-0.25, -0.2) is 4.79 Å². The summed E-state index contributed by atoms with van der Waals surface area (Å²) in [6.07, 6.45) is -5.03. The summed E-state index contributed by atoms with van der Waals surface area (Å²) in [5, 5.41) is 13.3. The van der Waals surface area contributed by atoms with E-state index < -0.39 is 18.6 Å². The number of carboxylic acids is 1. The van der Waals surface area contributed by atoms with Gasteiger partial charge in [0.2, 0.25) is 0 Å². The number of anilines is 1. The minimum atomic E-state index is -4.16. The van der Waals surface area contributed by atoms with Gasteiger partial charge in [0, 0.05) is 24.0 Å². The van der Waals surface area contributed by atoms with Gasteiger partial charge in [-0.05, 0) is 23.9 Å². The first-order valence-electron chi connectivity index (χ1n) is 6.44. The maximum atomic E-state index is 12.1. The van der Waals surface area contributed by atoms with Gasteiger partial charge in [-0.1, -0.05) is 24.3 Å². The van der Waals surface area contributed by atoms with E-state index in [0.717, 1.165) is 0 Å². The number of hydrogen-bond donors (Lipinski definition) is 2. The van der Waals surface area contributed by atoms with Crippen molar-refractivity contribution in [2.24, 2.45) is 0 Å². The summed E-state index contributed by atoms with van der Waals surface area (Å²) in [4.78, 5) is 11.2. The second kappa shape index (κ2) is 6.03. The molecule has 0 amide bonds.